The summed E-state index contributed by atoms with van der Waals surface area (Å²) in [6, 6.07) is 5.63. The average Bonchev–Trinajstić information content (AvgIpc) is 2.46. The molecule has 3 heteroatoms. The van der Waals surface area contributed by atoms with Gasteiger partial charge in [-0.2, -0.15) is 0 Å². The fraction of sp³-hybridized carbons (Fsp3) is 0.562. The third kappa shape index (κ3) is 4.13. The minimum Gasteiger partial charge on any atom is -0.370 e. The number of carbonyl (C=O) groups is 1. The van der Waals surface area contributed by atoms with Gasteiger partial charge in [0.05, 0.1) is 6.10 Å². The number of carbonyl (C=O) groups excluding carboxylic acids is 1. The lowest BCUT2D eigenvalue weighted by Crippen LogP contribution is -2.25. The van der Waals surface area contributed by atoms with Crippen LogP contribution < -0.4 is 0 Å². The first-order valence-corrected chi connectivity index (χ1v) is 7.09. The Morgan fingerprint density at radius 1 is 1.32 bits per heavy atom. The van der Waals surface area contributed by atoms with E-state index in [2.05, 4.69) is 6.92 Å². The number of ketones is 1. The van der Waals surface area contributed by atoms with Crippen molar-refractivity contribution in [1.82, 2.24) is 0 Å². The largest absolute Gasteiger partial charge is 0.370 e. The third-order valence-electron chi connectivity index (χ3n) is 3.93. The summed E-state index contributed by atoms with van der Waals surface area (Å²) >= 11 is 0. The molecule has 0 bridgehead atoms. The number of benzene rings is 1. The second-order valence-corrected chi connectivity index (χ2v) is 5.30. The van der Waals surface area contributed by atoms with Crippen molar-refractivity contribution in [2.24, 2.45) is 5.92 Å². The highest BCUT2D eigenvalue weighted by atomic mass is 19.1. The van der Waals surface area contributed by atoms with Crippen LogP contribution in [0.4, 0.5) is 4.39 Å². The van der Waals surface area contributed by atoms with Gasteiger partial charge in [0.2, 0.25) is 0 Å². The Morgan fingerprint density at radius 2 is 2.05 bits per heavy atom. The summed E-state index contributed by atoms with van der Waals surface area (Å²) in [5, 5.41) is 0. The number of ether oxygens (including phenoxy) is 1. The fourth-order valence-electron chi connectivity index (χ4n) is 2.68. The second-order valence-electron chi connectivity index (χ2n) is 5.30. The van der Waals surface area contributed by atoms with E-state index >= 15 is 0 Å². The Balaban J connectivity index is 1.81. The summed E-state index contributed by atoms with van der Waals surface area (Å²) in [6.07, 6.45) is 5.98. The molecule has 104 valence electrons. The molecule has 0 amide bonds. The predicted molar refractivity (Wildman–Crippen MR) is 72.7 cm³/mol. The van der Waals surface area contributed by atoms with Crippen molar-refractivity contribution >= 4 is 5.78 Å². The van der Waals surface area contributed by atoms with Gasteiger partial charge in [-0.1, -0.05) is 26.2 Å². The van der Waals surface area contributed by atoms with Gasteiger partial charge in [0.25, 0.3) is 0 Å². The van der Waals surface area contributed by atoms with Gasteiger partial charge in [-0.25, -0.2) is 4.39 Å². The van der Waals surface area contributed by atoms with Crippen molar-refractivity contribution in [3.05, 3.63) is 35.6 Å². The van der Waals surface area contributed by atoms with E-state index < -0.39 is 0 Å². The molecule has 0 aromatic heterocycles. The van der Waals surface area contributed by atoms with Crippen LogP contribution in [-0.2, 0) is 4.74 Å². The van der Waals surface area contributed by atoms with Gasteiger partial charge in [0.15, 0.2) is 5.78 Å². The molecular weight excluding hydrogens is 243 g/mol. The molecule has 0 radical (unpaired) electrons. The van der Waals surface area contributed by atoms with E-state index in [0.29, 0.717) is 5.56 Å². The molecule has 0 saturated heterocycles. The molecule has 19 heavy (non-hydrogen) atoms. The van der Waals surface area contributed by atoms with Crippen molar-refractivity contribution in [3.63, 3.8) is 0 Å². The van der Waals surface area contributed by atoms with Crippen LogP contribution in [0.3, 0.4) is 0 Å². The van der Waals surface area contributed by atoms with Gasteiger partial charge in [-0.05, 0) is 43.0 Å². The molecule has 0 N–H and O–H groups in total. The smallest absolute Gasteiger partial charge is 0.188 e. The van der Waals surface area contributed by atoms with Gasteiger partial charge in [-0.3, -0.25) is 4.79 Å². The molecule has 2 atom stereocenters. The summed E-state index contributed by atoms with van der Waals surface area (Å²) in [7, 11) is 0. The highest BCUT2D eigenvalue weighted by Crippen LogP contribution is 2.28. The molecule has 1 aliphatic rings. The Kier molecular flexibility index (Phi) is 5.08. The van der Waals surface area contributed by atoms with Gasteiger partial charge in [0, 0.05) is 5.56 Å². The predicted octanol–water partition coefficient (Wildman–Crippen LogP) is 3.99. The van der Waals surface area contributed by atoms with Gasteiger partial charge < -0.3 is 4.74 Å². The Labute approximate surface area is 114 Å². The standard InChI is InChI=1S/C16H21FO2/c1-2-12-4-3-5-15(10-12)19-11-16(18)13-6-8-14(17)9-7-13/h6-9,12,15H,2-5,10-11H2,1H3. The fourth-order valence-corrected chi connectivity index (χ4v) is 2.68. The summed E-state index contributed by atoms with van der Waals surface area (Å²) in [5.41, 5.74) is 0.518. The number of Topliss-reactive ketones (excluding diaryl/α,β-unsaturated/α-hetero) is 1. The second kappa shape index (κ2) is 6.80. The number of hydrogen-bond acceptors (Lipinski definition) is 2. The Morgan fingerprint density at radius 3 is 2.74 bits per heavy atom. The summed E-state index contributed by atoms with van der Waals surface area (Å²) < 4.78 is 18.5. The minimum absolute atomic E-state index is 0.0707. The molecule has 1 aliphatic carbocycles. The summed E-state index contributed by atoms with van der Waals surface area (Å²) in [5.74, 6) is 0.342. The van der Waals surface area contributed by atoms with E-state index in [9.17, 15) is 9.18 Å². The molecule has 2 nitrogen and oxygen atoms in total. The van der Waals surface area contributed by atoms with Crippen LogP contribution >= 0.6 is 0 Å². The lowest BCUT2D eigenvalue weighted by atomic mass is 9.85. The first kappa shape index (κ1) is 14.2. The summed E-state index contributed by atoms with van der Waals surface area (Å²) in [6.45, 7) is 2.31. The van der Waals surface area contributed by atoms with Gasteiger partial charge >= 0.3 is 0 Å². The van der Waals surface area contributed by atoms with E-state index in [1.807, 2.05) is 0 Å². The number of halogens is 1. The molecular formula is C16H21FO2. The van der Waals surface area contributed by atoms with Gasteiger partial charge in [0.1, 0.15) is 12.4 Å². The quantitative estimate of drug-likeness (QED) is 0.751. The van der Waals surface area contributed by atoms with Crippen molar-refractivity contribution in [1.29, 1.82) is 0 Å². The maximum Gasteiger partial charge on any atom is 0.188 e. The monoisotopic (exact) mass is 264 g/mol. The number of hydrogen-bond donors (Lipinski definition) is 0. The van der Waals surface area contributed by atoms with E-state index in [4.69, 9.17) is 4.74 Å². The average molecular weight is 264 g/mol. The normalized spacial score (nSPS) is 23.3. The van der Waals surface area contributed by atoms with Crippen LogP contribution in [0.15, 0.2) is 24.3 Å². The maximum absolute atomic E-state index is 12.8. The maximum atomic E-state index is 12.8. The van der Waals surface area contributed by atoms with Crippen molar-refractivity contribution in [2.75, 3.05) is 6.61 Å². The van der Waals surface area contributed by atoms with Crippen LogP contribution in [-0.4, -0.2) is 18.5 Å². The molecule has 0 spiro atoms. The topological polar surface area (TPSA) is 26.3 Å². The minimum atomic E-state index is -0.324. The first-order chi connectivity index (χ1) is 9.19. The molecule has 1 aromatic carbocycles. The van der Waals surface area contributed by atoms with Crippen LogP contribution in [0.2, 0.25) is 0 Å². The lowest BCUT2D eigenvalue weighted by molar-refractivity contribution is 0.0156. The van der Waals surface area contributed by atoms with E-state index in [-0.39, 0.29) is 24.3 Å². The SMILES string of the molecule is CCC1CCCC(OCC(=O)c2ccc(F)cc2)C1. The molecule has 0 heterocycles. The van der Waals surface area contributed by atoms with Crippen LogP contribution in [0.1, 0.15) is 49.4 Å². The van der Waals surface area contributed by atoms with Gasteiger partial charge in [-0.15, -0.1) is 0 Å². The zero-order valence-electron chi connectivity index (χ0n) is 11.4. The Hall–Kier alpha value is -1.22. The van der Waals surface area contributed by atoms with Crippen LogP contribution in [0.25, 0.3) is 0 Å². The van der Waals surface area contributed by atoms with E-state index in [1.54, 1.807) is 0 Å². The molecule has 2 rings (SSSR count). The third-order valence-corrected chi connectivity index (χ3v) is 3.93. The zero-order valence-corrected chi connectivity index (χ0v) is 11.4. The van der Waals surface area contributed by atoms with Crippen LogP contribution in [0, 0.1) is 11.7 Å². The number of rotatable bonds is 5. The van der Waals surface area contributed by atoms with Crippen molar-refractivity contribution in [3.8, 4) is 0 Å². The molecule has 1 aromatic rings. The van der Waals surface area contributed by atoms with E-state index in [0.717, 1.165) is 18.8 Å². The lowest BCUT2D eigenvalue weighted by Gasteiger charge is -2.28. The first-order valence-electron chi connectivity index (χ1n) is 7.09. The molecule has 2 unspecified atom stereocenters. The molecule has 1 saturated carbocycles. The molecule has 1 fully saturated rings. The van der Waals surface area contributed by atoms with Crippen molar-refractivity contribution in [2.45, 2.75) is 45.1 Å². The molecule has 0 aliphatic heterocycles. The highest BCUT2D eigenvalue weighted by Gasteiger charge is 2.22. The zero-order chi connectivity index (χ0) is 13.7. The van der Waals surface area contributed by atoms with Crippen molar-refractivity contribution < 1.29 is 13.9 Å². The highest BCUT2D eigenvalue weighted by molar-refractivity contribution is 5.97. The Bertz CT molecular complexity index is 413. The van der Waals surface area contributed by atoms with E-state index in [1.165, 1.54) is 43.5 Å². The van der Waals surface area contributed by atoms with Crippen LogP contribution in [0.5, 0.6) is 0 Å². The summed E-state index contributed by atoms with van der Waals surface area (Å²) in [4.78, 5) is 11.9.